The summed E-state index contributed by atoms with van der Waals surface area (Å²) in [4.78, 5) is 34.1. The van der Waals surface area contributed by atoms with Crippen LogP contribution in [0.25, 0.3) is 0 Å². The first-order valence-corrected chi connectivity index (χ1v) is 27.6. The van der Waals surface area contributed by atoms with E-state index in [1.54, 1.807) is 0 Å². The molecule has 0 rings (SSSR count). The number of rotatable bonds is 48. The number of carbonyl (C=O) groups is 2. The molecule has 2 atom stereocenters. The Morgan fingerprint density at radius 2 is 0.831 bits per heavy atom. The third-order valence-electron chi connectivity index (χ3n) is 10.8. The van der Waals surface area contributed by atoms with E-state index >= 15 is 0 Å². The van der Waals surface area contributed by atoms with Gasteiger partial charge in [-0.3, -0.25) is 18.6 Å². The number of hydrogen-bond acceptors (Lipinski definition) is 7. The first-order valence-electron chi connectivity index (χ1n) is 26.1. The van der Waals surface area contributed by atoms with Crippen LogP contribution < -0.4 is 5.32 Å². The Morgan fingerprint density at radius 1 is 0.477 bits per heavy atom. The Morgan fingerprint density at radius 3 is 1.25 bits per heavy atom. The van der Waals surface area contributed by atoms with Gasteiger partial charge in [-0.25, -0.2) is 4.57 Å². The van der Waals surface area contributed by atoms with Gasteiger partial charge in [0.05, 0.1) is 13.2 Å². The van der Waals surface area contributed by atoms with Crippen LogP contribution in [0.5, 0.6) is 0 Å². The van der Waals surface area contributed by atoms with Gasteiger partial charge in [0.2, 0.25) is 5.91 Å². The maximum Gasteiger partial charge on any atom is 0.472 e. The largest absolute Gasteiger partial charge is 0.472 e. The van der Waals surface area contributed by atoms with Gasteiger partial charge in [0.15, 0.2) is 0 Å². The number of phosphoric acid groups is 1. The molecule has 0 radical (unpaired) electrons. The van der Waals surface area contributed by atoms with Crippen molar-refractivity contribution < 1.29 is 37.9 Å². The minimum Gasteiger partial charge on any atom is -0.463 e. The summed E-state index contributed by atoms with van der Waals surface area (Å²) in [6.45, 7) is 3.48. The molecule has 0 aromatic carbocycles. The second-order valence-corrected chi connectivity index (χ2v) is 18.6. The summed E-state index contributed by atoms with van der Waals surface area (Å²) >= 11 is 0. The molecule has 0 aliphatic carbocycles. The molecule has 0 saturated heterocycles. The van der Waals surface area contributed by atoms with Gasteiger partial charge in [-0.1, -0.05) is 195 Å². The lowest BCUT2D eigenvalue weighted by molar-refractivity contribution is -0.147. The number of allylic oxidation sites excluding steroid dienone is 14. The zero-order valence-electron chi connectivity index (χ0n) is 41.4. The van der Waals surface area contributed by atoms with Gasteiger partial charge in [-0.05, 0) is 96.3 Å². The van der Waals surface area contributed by atoms with Gasteiger partial charge >= 0.3 is 13.8 Å². The zero-order valence-corrected chi connectivity index (χ0v) is 42.3. The quantitative estimate of drug-likeness (QED) is 0.0238. The number of amides is 1. The van der Waals surface area contributed by atoms with Crippen molar-refractivity contribution in [2.45, 2.75) is 225 Å². The Labute approximate surface area is 398 Å². The molecule has 0 spiro atoms. The molecule has 0 heterocycles. The van der Waals surface area contributed by atoms with Crippen molar-refractivity contribution in [2.75, 3.05) is 26.4 Å². The molecule has 2 unspecified atom stereocenters. The predicted molar refractivity (Wildman–Crippen MR) is 275 cm³/mol. The van der Waals surface area contributed by atoms with E-state index in [1.165, 1.54) is 103 Å². The lowest BCUT2D eigenvalue weighted by atomic mass is 10.1. The van der Waals surface area contributed by atoms with E-state index in [1.807, 2.05) is 0 Å². The zero-order chi connectivity index (χ0) is 47.4. The maximum absolute atomic E-state index is 12.2. The molecule has 1 amide bonds. The highest BCUT2D eigenvalue weighted by Gasteiger charge is 2.23. The summed E-state index contributed by atoms with van der Waals surface area (Å²) < 4.78 is 27.0. The van der Waals surface area contributed by atoms with Crippen LogP contribution in [0.3, 0.4) is 0 Å². The first-order chi connectivity index (χ1) is 31.8. The predicted octanol–water partition coefficient (Wildman–Crippen LogP) is 15.6. The van der Waals surface area contributed by atoms with Gasteiger partial charge in [0.1, 0.15) is 12.7 Å². The van der Waals surface area contributed by atoms with E-state index in [4.69, 9.17) is 13.8 Å². The molecule has 10 heteroatoms. The first kappa shape index (κ1) is 62.2. The Bertz CT molecular complexity index is 1340. The fourth-order valence-corrected chi connectivity index (χ4v) is 7.60. The number of phosphoric ester groups is 1. The second kappa shape index (κ2) is 50.6. The number of nitrogens with one attached hydrogen (secondary N) is 1. The second-order valence-electron chi connectivity index (χ2n) is 17.1. The molecule has 0 fully saturated rings. The molecule has 0 aromatic rings. The third-order valence-corrected chi connectivity index (χ3v) is 11.8. The van der Waals surface area contributed by atoms with Gasteiger partial charge in [0.25, 0.3) is 0 Å². The van der Waals surface area contributed by atoms with Gasteiger partial charge < -0.3 is 20.1 Å². The van der Waals surface area contributed by atoms with E-state index in [9.17, 15) is 24.2 Å². The summed E-state index contributed by atoms with van der Waals surface area (Å²) in [5.74, 6) is -0.537. The number of unbranched alkanes of at least 4 members (excludes halogenated alkanes) is 21. The van der Waals surface area contributed by atoms with Crippen molar-refractivity contribution in [1.29, 1.82) is 0 Å². The topological polar surface area (TPSA) is 131 Å². The van der Waals surface area contributed by atoms with E-state index in [0.717, 1.165) is 89.9 Å². The minimum atomic E-state index is -4.43. The SMILES string of the molecule is CCCCC/C=C\C/C=C\C/C=C\C/C=C\CCCCCCCCCC(=O)NCCOP(=O)(O)OCC(O)COC(=O)CCCCCCCCCC/C=C\C/C=C\C/C=C\CCCCC. The number of ether oxygens (including phenoxy) is 1. The maximum atomic E-state index is 12.2. The summed E-state index contributed by atoms with van der Waals surface area (Å²) in [6, 6.07) is 0. The minimum absolute atomic E-state index is 0.0701. The molecular weight excluding hydrogens is 834 g/mol. The molecule has 3 N–H and O–H groups in total. The van der Waals surface area contributed by atoms with Gasteiger partial charge in [-0.15, -0.1) is 0 Å². The summed E-state index contributed by atoms with van der Waals surface area (Å²) in [6.07, 6.45) is 65.1. The number of aliphatic hydroxyl groups excluding tert-OH is 1. The van der Waals surface area contributed by atoms with Gasteiger partial charge in [-0.2, -0.15) is 0 Å². The standard InChI is InChI=1S/C55H96NO8P/c1-3-5-7-9-11-13-15-17-19-21-23-25-26-28-29-31-33-35-37-39-41-43-45-47-54(58)56-49-50-63-65(60,61)64-52-53(57)51-62-55(59)48-46-44-42-40-38-36-34-32-30-27-24-22-20-18-16-14-12-10-8-6-4-2/h11-14,17-20,23-25,27-29,53,57H,3-10,15-16,21-22,26,30-52H2,1-2H3,(H,56,58)(H,60,61)/b13-11-,14-12-,19-17-,20-18-,25-23-,27-24-,29-28-. The van der Waals surface area contributed by atoms with E-state index in [0.29, 0.717) is 6.42 Å². The Balaban J connectivity index is 3.62. The molecular formula is C55H96NO8P. The summed E-state index contributed by atoms with van der Waals surface area (Å²) in [5, 5.41) is 12.8. The van der Waals surface area contributed by atoms with Crippen molar-refractivity contribution in [2.24, 2.45) is 0 Å². The summed E-state index contributed by atoms with van der Waals surface area (Å²) in [7, 11) is -4.43. The van der Waals surface area contributed by atoms with Crippen molar-refractivity contribution in [3.8, 4) is 0 Å². The van der Waals surface area contributed by atoms with Crippen molar-refractivity contribution in [3.63, 3.8) is 0 Å². The van der Waals surface area contributed by atoms with Crippen LogP contribution in [-0.2, 0) is 27.9 Å². The molecule has 65 heavy (non-hydrogen) atoms. The average molecular weight is 930 g/mol. The number of aliphatic hydroxyl groups is 1. The summed E-state index contributed by atoms with van der Waals surface area (Å²) in [5.41, 5.74) is 0. The van der Waals surface area contributed by atoms with E-state index < -0.39 is 26.5 Å². The van der Waals surface area contributed by atoms with Crippen LogP contribution in [0.4, 0.5) is 0 Å². The molecule has 0 aliphatic rings. The fraction of sp³-hybridized carbons (Fsp3) is 0.709. The van der Waals surface area contributed by atoms with Crippen LogP contribution in [0.1, 0.15) is 219 Å². The van der Waals surface area contributed by atoms with Crippen molar-refractivity contribution in [1.82, 2.24) is 5.32 Å². The third kappa shape index (κ3) is 52.0. The number of carbonyl (C=O) groups excluding carboxylic acids is 2. The highest BCUT2D eigenvalue weighted by atomic mass is 31.2. The number of hydrogen-bond donors (Lipinski definition) is 3. The highest BCUT2D eigenvalue weighted by molar-refractivity contribution is 7.47. The van der Waals surface area contributed by atoms with Crippen LogP contribution in [0, 0.1) is 0 Å². The fourth-order valence-electron chi connectivity index (χ4n) is 6.84. The molecule has 0 bridgehead atoms. The normalized spacial score (nSPS) is 13.8. The van der Waals surface area contributed by atoms with Crippen molar-refractivity contribution >= 4 is 19.7 Å². The lowest BCUT2D eigenvalue weighted by Crippen LogP contribution is -2.27. The molecule has 9 nitrogen and oxygen atoms in total. The van der Waals surface area contributed by atoms with Crippen molar-refractivity contribution in [3.05, 3.63) is 85.1 Å². The lowest BCUT2D eigenvalue weighted by Gasteiger charge is -2.15. The van der Waals surface area contributed by atoms with Crippen LogP contribution in [0.2, 0.25) is 0 Å². The molecule has 0 aromatic heterocycles. The smallest absolute Gasteiger partial charge is 0.463 e. The monoisotopic (exact) mass is 930 g/mol. The van der Waals surface area contributed by atoms with Crippen LogP contribution >= 0.6 is 7.82 Å². The molecule has 374 valence electrons. The molecule has 0 saturated carbocycles. The average Bonchev–Trinajstić information content (AvgIpc) is 3.29. The van der Waals surface area contributed by atoms with Gasteiger partial charge in [0, 0.05) is 19.4 Å². The van der Waals surface area contributed by atoms with E-state index in [2.05, 4.69) is 104 Å². The molecule has 0 aliphatic heterocycles. The van der Waals surface area contributed by atoms with Crippen LogP contribution in [-0.4, -0.2) is 54.3 Å². The number of esters is 1. The Hall–Kier alpha value is -2.81. The van der Waals surface area contributed by atoms with E-state index in [-0.39, 0.29) is 32.1 Å². The highest BCUT2D eigenvalue weighted by Crippen LogP contribution is 2.42. The Kier molecular flexibility index (Phi) is 48.4. The van der Waals surface area contributed by atoms with Crippen LogP contribution in [0.15, 0.2) is 85.1 Å².